The summed E-state index contributed by atoms with van der Waals surface area (Å²) in [6.07, 6.45) is 1.47. The molecule has 1 heterocycles. The number of carbonyl (C=O) groups is 2. The Kier molecular flexibility index (Phi) is 6.32. The molecule has 2 aromatic rings. The van der Waals surface area contributed by atoms with Crippen molar-refractivity contribution in [3.05, 3.63) is 71.0 Å². The first-order chi connectivity index (χ1) is 14.0. The SMILES string of the molecule is CCCOc1ccc(/C(O)=C2/C(=O)C(=O)N(CCC)C2c2ccccc2F)cc1. The molecule has 1 N–H and O–H groups in total. The first kappa shape index (κ1) is 20.6. The van der Waals surface area contributed by atoms with Crippen molar-refractivity contribution in [2.24, 2.45) is 0 Å². The summed E-state index contributed by atoms with van der Waals surface area (Å²) in [6.45, 7) is 4.72. The van der Waals surface area contributed by atoms with Gasteiger partial charge in [-0.05, 0) is 43.2 Å². The number of hydrogen-bond acceptors (Lipinski definition) is 4. The zero-order valence-electron chi connectivity index (χ0n) is 16.5. The standard InChI is InChI=1S/C23H24FNO4/c1-3-13-25-20(17-7-5-6-8-18(17)24)19(22(27)23(25)28)21(26)15-9-11-16(12-10-15)29-14-4-2/h5-12,20,26H,3-4,13-14H2,1-2H3/b21-19-. The summed E-state index contributed by atoms with van der Waals surface area (Å²) in [5, 5.41) is 10.9. The van der Waals surface area contributed by atoms with Crippen LogP contribution in [0, 0.1) is 5.82 Å². The molecule has 0 saturated carbocycles. The van der Waals surface area contributed by atoms with Crippen LogP contribution in [0.1, 0.15) is 43.9 Å². The molecule has 152 valence electrons. The third kappa shape index (κ3) is 4.01. The van der Waals surface area contributed by atoms with Gasteiger partial charge in [0.2, 0.25) is 0 Å². The Morgan fingerprint density at radius 3 is 2.38 bits per heavy atom. The molecule has 0 bridgehead atoms. The topological polar surface area (TPSA) is 66.8 Å². The first-order valence-corrected chi connectivity index (χ1v) is 9.75. The van der Waals surface area contributed by atoms with Crippen LogP contribution in [-0.2, 0) is 9.59 Å². The second-order valence-corrected chi connectivity index (χ2v) is 6.89. The Balaban J connectivity index is 2.09. The summed E-state index contributed by atoms with van der Waals surface area (Å²) in [6, 6.07) is 11.6. The largest absolute Gasteiger partial charge is 0.507 e. The smallest absolute Gasteiger partial charge is 0.295 e. The molecule has 5 nitrogen and oxygen atoms in total. The van der Waals surface area contributed by atoms with Crippen molar-refractivity contribution in [1.82, 2.24) is 4.90 Å². The highest BCUT2D eigenvalue weighted by Gasteiger charge is 2.46. The molecule has 1 amide bonds. The van der Waals surface area contributed by atoms with Gasteiger partial charge in [-0.2, -0.15) is 0 Å². The van der Waals surface area contributed by atoms with Gasteiger partial charge in [-0.1, -0.05) is 32.0 Å². The molecule has 0 aromatic heterocycles. The van der Waals surface area contributed by atoms with E-state index in [4.69, 9.17) is 4.74 Å². The summed E-state index contributed by atoms with van der Waals surface area (Å²) in [7, 11) is 0. The van der Waals surface area contributed by atoms with E-state index in [1.165, 1.54) is 17.0 Å². The van der Waals surface area contributed by atoms with Crippen molar-refractivity contribution >= 4 is 17.4 Å². The van der Waals surface area contributed by atoms with E-state index in [2.05, 4.69) is 0 Å². The molecule has 1 aliphatic heterocycles. The third-order valence-corrected chi connectivity index (χ3v) is 4.80. The minimum Gasteiger partial charge on any atom is -0.507 e. The quantitative estimate of drug-likeness (QED) is 0.426. The normalized spacial score (nSPS) is 18.3. The maximum absolute atomic E-state index is 14.5. The number of ether oxygens (including phenoxy) is 1. The van der Waals surface area contributed by atoms with Crippen LogP contribution in [0.5, 0.6) is 5.75 Å². The Morgan fingerprint density at radius 2 is 1.76 bits per heavy atom. The predicted molar refractivity (Wildman–Crippen MR) is 108 cm³/mol. The lowest BCUT2D eigenvalue weighted by molar-refractivity contribution is -0.139. The van der Waals surface area contributed by atoms with Gasteiger partial charge in [0, 0.05) is 17.7 Å². The van der Waals surface area contributed by atoms with Gasteiger partial charge >= 0.3 is 0 Å². The van der Waals surface area contributed by atoms with Crippen molar-refractivity contribution in [1.29, 1.82) is 0 Å². The Bertz CT molecular complexity index is 936. The number of hydrogen-bond donors (Lipinski definition) is 1. The Hall–Kier alpha value is -3.15. The first-order valence-electron chi connectivity index (χ1n) is 9.75. The van der Waals surface area contributed by atoms with Crippen LogP contribution >= 0.6 is 0 Å². The van der Waals surface area contributed by atoms with Gasteiger partial charge in [-0.25, -0.2) is 4.39 Å². The molecule has 1 aliphatic rings. The molecule has 1 unspecified atom stereocenters. The fraction of sp³-hybridized carbons (Fsp3) is 0.304. The molecule has 0 spiro atoms. The van der Waals surface area contributed by atoms with E-state index in [1.807, 2.05) is 13.8 Å². The number of rotatable bonds is 7. The summed E-state index contributed by atoms with van der Waals surface area (Å²) in [5.41, 5.74) is 0.449. The van der Waals surface area contributed by atoms with Crippen LogP contribution in [0.3, 0.4) is 0 Å². The number of amides is 1. The number of benzene rings is 2. The zero-order valence-corrected chi connectivity index (χ0v) is 16.5. The summed E-state index contributed by atoms with van der Waals surface area (Å²) in [4.78, 5) is 26.7. The molecular formula is C23H24FNO4. The van der Waals surface area contributed by atoms with Crippen LogP contribution in [0.4, 0.5) is 4.39 Å². The predicted octanol–water partition coefficient (Wildman–Crippen LogP) is 4.45. The lowest BCUT2D eigenvalue weighted by Crippen LogP contribution is -2.30. The van der Waals surface area contributed by atoms with Crippen molar-refractivity contribution in [3.8, 4) is 5.75 Å². The van der Waals surface area contributed by atoms with E-state index < -0.39 is 23.5 Å². The van der Waals surface area contributed by atoms with Gasteiger partial charge in [0.05, 0.1) is 18.2 Å². The van der Waals surface area contributed by atoms with E-state index in [0.717, 1.165) is 6.42 Å². The molecule has 1 fully saturated rings. The van der Waals surface area contributed by atoms with Crippen LogP contribution in [0.25, 0.3) is 5.76 Å². The van der Waals surface area contributed by atoms with Crippen LogP contribution < -0.4 is 4.74 Å². The van der Waals surface area contributed by atoms with Gasteiger partial charge in [-0.3, -0.25) is 9.59 Å². The summed E-state index contributed by atoms with van der Waals surface area (Å²) >= 11 is 0. The van der Waals surface area contributed by atoms with E-state index in [9.17, 15) is 19.1 Å². The summed E-state index contributed by atoms with van der Waals surface area (Å²) < 4.78 is 20.1. The lowest BCUT2D eigenvalue weighted by atomic mass is 9.95. The molecular weight excluding hydrogens is 373 g/mol. The van der Waals surface area contributed by atoms with Gasteiger partial charge in [0.1, 0.15) is 17.3 Å². The van der Waals surface area contributed by atoms with Gasteiger partial charge in [0.25, 0.3) is 11.7 Å². The van der Waals surface area contributed by atoms with Crippen molar-refractivity contribution in [3.63, 3.8) is 0 Å². The lowest BCUT2D eigenvalue weighted by Gasteiger charge is -2.25. The van der Waals surface area contributed by atoms with E-state index in [0.29, 0.717) is 24.3 Å². The van der Waals surface area contributed by atoms with Crippen molar-refractivity contribution in [2.75, 3.05) is 13.2 Å². The number of aliphatic hydroxyl groups excluding tert-OH is 1. The average molecular weight is 397 g/mol. The van der Waals surface area contributed by atoms with Crippen LogP contribution in [0.2, 0.25) is 0 Å². The molecule has 29 heavy (non-hydrogen) atoms. The second kappa shape index (κ2) is 8.90. The molecule has 3 rings (SSSR count). The molecule has 1 atom stereocenters. The minimum atomic E-state index is -0.966. The highest BCUT2D eigenvalue weighted by Crippen LogP contribution is 2.40. The number of aliphatic hydroxyl groups is 1. The second-order valence-electron chi connectivity index (χ2n) is 6.89. The van der Waals surface area contributed by atoms with E-state index in [1.54, 1.807) is 36.4 Å². The summed E-state index contributed by atoms with van der Waals surface area (Å²) in [5.74, 6) is -1.76. The number of Topliss-reactive ketones (excluding diaryl/α,β-unsaturated/α-hetero) is 1. The number of halogens is 1. The van der Waals surface area contributed by atoms with E-state index >= 15 is 0 Å². The number of carbonyl (C=O) groups excluding carboxylic acids is 2. The maximum atomic E-state index is 14.5. The van der Waals surface area contributed by atoms with Gasteiger partial charge < -0.3 is 14.7 Å². The Labute approximate surface area is 169 Å². The maximum Gasteiger partial charge on any atom is 0.295 e. The Morgan fingerprint density at radius 1 is 1.07 bits per heavy atom. The molecule has 0 radical (unpaired) electrons. The number of likely N-dealkylation sites (tertiary alicyclic amines) is 1. The monoisotopic (exact) mass is 397 g/mol. The third-order valence-electron chi connectivity index (χ3n) is 4.80. The highest BCUT2D eigenvalue weighted by molar-refractivity contribution is 6.46. The van der Waals surface area contributed by atoms with E-state index in [-0.39, 0.29) is 23.4 Å². The van der Waals surface area contributed by atoms with Gasteiger partial charge in [0.15, 0.2) is 0 Å². The number of ketones is 1. The average Bonchev–Trinajstić information content (AvgIpc) is 2.97. The zero-order chi connectivity index (χ0) is 21.0. The van der Waals surface area contributed by atoms with Crippen molar-refractivity contribution in [2.45, 2.75) is 32.7 Å². The fourth-order valence-electron chi connectivity index (χ4n) is 3.46. The minimum absolute atomic E-state index is 0.101. The van der Waals surface area contributed by atoms with Gasteiger partial charge in [-0.15, -0.1) is 0 Å². The molecule has 6 heteroatoms. The number of nitrogens with zero attached hydrogens (tertiary/aromatic N) is 1. The molecule has 0 aliphatic carbocycles. The molecule has 1 saturated heterocycles. The molecule has 2 aromatic carbocycles. The highest BCUT2D eigenvalue weighted by atomic mass is 19.1. The fourth-order valence-corrected chi connectivity index (χ4v) is 3.46. The van der Waals surface area contributed by atoms with Crippen molar-refractivity contribution < 1.29 is 23.8 Å². The van der Waals surface area contributed by atoms with Crippen LogP contribution in [-0.4, -0.2) is 34.8 Å². The van der Waals surface area contributed by atoms with Crippen LogP contribution in [0.15, 0.2) is 54.1 Å².